The average molecular weight is 290 g/mol. The van der Waals surface area contributed by atoms with Gasteiger partial charge in [0.05, 0.1) is 11.2 Å². The first kappa shape index (κ1) is 13.3. The zero-order chi connectivity index (χ0) is 13.4. The van der Waals surface area contributed by atoms with Gasteiger partial charge in [-0.3, -0.25) is 0 Å². The second-order valence-corrected chi connectivity index (χ2v) is 8.09. The van der Waals surface area contributed by atoms with Crippen LogP contribution < -0.4 is 5.32 Å². The van der Waals surface area contributed by atoms with Gasteiger partial charge in [0.25, 0.3) is 0 Å². The van der Waals surface area contributed by atoms with Crippen molar-refractivity contribution < 1.29 is 0 Å². The molecule has 0 unspecified atom stereocenters. The highest BCUT2D eigenvalue weighted by atomic mass is 32.1. The van der Waals surface area contributed by atoms with Gasteiger partial charge in [-0.05, 0) is 51.4 Å². The molecule has 0 amide bonds. The van der Waals surface area contributed by atoms with Crippen molar-refractivity contribution in [2.45, 2.75) is 88.6 Å². The highest BCUT2D eigenvalue weighted by Gasteiger charge is 2.40. The van der Waals surface area contributed by atoms with E-state index in [4.69, 9.17) is 4.98 Å². The molecule has 110 valence electrons. The Hall–Kier alpha value is -0.410. The number of aromatic nitrogens is 1. The molecule has 0 radical (unpaired) electrons. The zero-order valence-corrected chi connectivity index (χ0v) is 13.2. The monoisotopic (exact) mass is 290 g/mol. The fourth-order valence-electron chi connectivity index (χ4n) is 3.93. The molecule has 4 rings (SSSR count). The largest absolute Gasteiger partial charge is 0.303 e. The molecule has 1 N–H and O–H groups in total. The fraction of sp³-hybridized carbons (Fsp3) is 0.824. The molecule has 1 heterocycles. The predicted molar refractivity (Wildman–Crippen MR) is 84.3 cm³/mol. The van der Waals surface area contributed by atoms with Gasteiger partial charge in [0.2, 0.25) is 0 Å². The lowest BCUT2D eigenvalue weighted by atomic mass is 9.90. The predicted octanol–water partition coefficient (Wildman–Crippen LogP) is 4.32. The first-order valence-corrected chi connectivity index (χ1v) is 9.44. The molecule has 0 aliphatic heterocycles. The minimum Gasteiger partial charge on any atom is -0.303 e. The van der Waals surface area contributed by atoms with Crippen LogP contribution in [0.2, 0.25) is 0 Å². The Morgan fingerprint density at radius 1 is 0.950 bits per heavy atom. The van der Waals surface area contributed by atoms with Crippen LogP contribution in [0.5, 0.6) is 0 Å². The molecule has 0 aromatic carbocycles. The molecule has 0 spiro atoms. The fourth-order valence-corrected chi connectivity index (χ4v) is 5.29. The molecule has 3 aliphatic carbocycles. The van der Waals surface area contributed by atoms with E-state index >= 15 is 0 Å². The van der Waals surface area contributed by atoms with Gasteiger partial charge in [-0.25, -0.2) is 4.98 Å². The SMILES string of the molecule is C1CCCC(NC2CC2)(c2nc3c(s2)CCCC3)CC1. The quantitative estimate of drug-likeness (QED) is 0.838. The summed E-state index contributed by atoms with van der Waals surface area (Å²) in [5, 5.41) is 5.46. The van der Waals surface area contributed by atoms with Crippen LogP contribution >= 0.6 is 11.3 Å². The summed E-state index contributed by atoms with van der Waals surface area (Å²) >= 11 is 2.05. The van der Waals surface area contributed by atoms with Crippen LogP contribution in [0.3, 0.4) is 0 Å². The third-order valence-corrected chi connectivity index (χ3v) is 6.63. The van der Waals surface area contributed by atoms with Crippen LogP contribution in [0.1, 0.15) is 79.8 Å². The summed E-state index contributed by atoms with van der Waals surface area (Å²) in [7, 11) is 0. The van der Waals surface area contributed by atoms with E-state index in [9.17, 15) is 0 Å². The average Bonchev–Trinajstić information content (AvgIpc) is 3.22. The molecule has 0 bridgehead atoms. The number of rotatable bonds is 3. The minimum atomic E-state index is 0.236. The summed E-state index contributed by atoms with van der Waals surface area (Å²) in [6.07, 6.45) is 16.2. The number of thiazole rings is 1. The van der Waals surface area contributed by atoms with Crippen LogP contribution in [-0.4, -0.2) is 11.0 Å². The number of nitrogens with zero attached hydrogens (tertiary/aromatic N) is 1. The molecule has 3 heteroatoms. The molecular formula is C17H26N2S. The lowest BCUT2D eigenvalue weighted by Crippen LogP contribution is -2.43. The van der Waals surface area contributed by atoms with E-state index in [1.807, 2.05) is 11.3 Å². The number of nitrogens with one attached hydrogen (secondary N) is 1. The van der Waals surface area contributed by atoms with Gasteiger partial charge in [0, 0.05) is 10.9 Å². The molecule has 0 atom stereocenters. The summed E-state index contributed by atoms with van der Waals surface area (Å²) in [6.45, 7) is 0. The first-order valence-electron chi connectivity index (χ1n) is 8.62. The summed E-state index contributed by atoms with van der Waals surface area (Å²) in [6, 6.07) is 0.786. The third-order valence-electron chi connectivity index (χ3n) is 5.27. The second-order valence-electron chi connectivity index (χ2n) is 7.01. The van der Waals surface area contributed by atoms with Crippen molar-refractivity contribution in [3.8, 4) is 0 Å². The van der Waals surface area contributed by atoms with Crippen molar-refractivity contribution in [1.29, 1.82) is 0 Å². The number of aryl methyl sites for hydroxylation is 2. The van der Waals surface area contributed by atoms with Crippen LogP contribution in [0, 0.1) is 0 Å². The zero-order valence-electron chi connectivity index (χ0n) is 12.4. The molecule has 3 aliphatic rings. The van der Waals surface area contributed by atoms with E-state index in [0.717, 1.165) is 6.04 Å². The van der Waals surface area contributed by atoms with E-state index in [0.29, 0.717) is 0 Å². The van der Waals surface area contributed by atoms with Crippen molar-refractivity contribution in [2.75, 3.05) is 0 Å². The molecule has 2 saturated carbocycles. The van der Waals surface area contributed by atoms with E-state index in [-0.39, 0.29) is 5.54 Å². The van der Waals surface area contributed by atoms with E-state index < -0.39 is 0 Å². The third kappa shape index (κ3) is 2.55. The lowest BCUT2D eigenvalue weighted by Gasteiger charge is -2.32. The van der Waals surface area contributed by atoms with E-state index in [1.165, 1.54) is 87.8 Å². The summed E-state index contributed by atoms with van der Waals surface area (Å²) in [4.78, 5) is 6.73. The second kappa shape index (κ2) is 5.42. The Kier molecular flexibility index (Phi) is 3.59. The minimum absolute atomic E-state index is 0.236. The topological polar surface area (TPSA) is 24.9 Å². The smallest absolute Gasteiger partial charge is 0.113 e. The highest BCUT2D eigenvalue weighted by molar-refractivity contribution is 7.11. The normalized spacial score (nSPS) is 26.0. The molecule has 1 aromatic heterocycles. The summed E-state index contributed by atoms with van der Waals surface area (Å²) < 4.78 is 0. The van der Waals surface area contributed by atoms with Gasteiger partial charge in [-0.15, -0.1) is 11.3 Å². The number of hydrogen-bond donors (Lipinski definition) is 1. The Balaban J connectivity index is 1.66. The van der Waals surface area contributed by atoms with Crippen molar-refractivity contribution in [2.24, 2.45) is 0 Å². The first-order chi connectivity index (χ1) is 9.86. The maximum absolute atomic E-state index is 5.13. The maximum Gasteiger partial charge on any atom is 0.113 e. The van der Waals surface area contributed by atoms with Gasteiger partial charge >= 0.3 is 0 Å². The molecular weight excluding hydrogens is 264 g/mol. The van der Waals surface area contributed by atoms with Crippen molar-refractivity contribution in [3.63, 3.8) is 0 Å². The van der Waals surface area contributed by atoms with Crippen molar-refractivity contribution in [1.82, 2.24) is 10.3 Å². The Morgan fingerprint density at radius 2 is 1.70 bits per heavy atom. The van der Waals surface area contributed by atoms with Gasteiger partial charge in [0.1, 0.15) is 5.01 Å². The summed E-state index contributed by atoms with van der Waals surface area (Å²) in [5.41, 5.74) is 1.68. The van der Waals surface area contributed by atoms with E-state index in [2.05, 4.69) is 5.32 Å². The molecule has 1 aromatic rings. The maximum atomic E-state index is 5.13. The van der Waals surface area contributed by atoms with Crippen molar-refractivity contribution in [3.05, 3.63) is 15.6 Å². The van der Waals surface area contributed by atoms with Crippen LogP contribution in [0.25, 0.3) is 0 Å². The van der Waals surface area contributed by atoms with Crippen LogP contribution in [-0.2, 0) is 18.4 Å². The van der Waals surface area contributed by atoms with Crippen LogP contribution in [0.15, 0.2) is 0 Å². The van der Waals surface area contributed by atoms with Gasteiger partial charge in [-0.1, -0.05) is 25.7 Å². The van der Waals surface area contributed by atoms with Crippen molar-refractivity contribution >= 4 is 11.3 Å². The molecule has 2 fully saturated rings. The number of fused-ring (bicyclic) bond motifs is 1. The Labute approximate surface area is 126 Å². The van der Waals surface area contributed by atoms with Gasteiger partial charge in [-0.2, -0.15) is 0 Å². The van der Waals surface area contributed by atoms with Gasteiger partial charge < -0.3 is 5.32 Å². The van der Waals surface area contributed by atoms with Crippen LogP contribution in [0.4, 0.5) is 0 Å². The molecule has 20 heavy (non-hydrogen) atoms. The number of hydrogen-bond acceptors (Lipinski definition) is 3. The lowest BCUT2D eigenvalue weighted by molar-refractivity contribution is 0.285. The molecule has 0 saturated heterocycles. The Morgan fingerprint density at radius 3 is 2.40 bits per heavy atom. The Bertz CT molecular complexity index is 444. The van der Waals surface area contributed by atoms with E-state index in [1.54, 1.807) is 4.88 Å². The highest BCUT2D eigenvalue weighted by Crippen LogP contribution is 2.42. The van der Waals surface area contributed by atoms with Gasteiger partial charge in [0.15, 0.2) is 0 Å². The standard InChI is InChI=1S/C17H26N2S/c1-2-6-12-17(11-5-1,19-13-9-10-13)16-18-14-7-3-4-8-15(14)20-16/h13,19H,1-12H2. The summed E-state index contributed by atoms with van der Waals surface area (Å²) in [5.74, 6) is 0. The molecule has 2 nitrogen and oxygen atoms in total.